The smallest absolute Gasteiger partial charge is 0.354 e. The van der Waals surface area contributed by atoms with Crippen molar-refractivity contribution >= 4 is 33.4 Å². The number of hydrogen-bond acceptors (Lipinski definition) is 5. The van der Waals surface area contributed by atoms with E-state index in [4.69, 9.17) is 5.11 Å². The van der Waals surface area contributed by atoms with Gasteiger partial charge in [0.25, 0.3) is 0 Å². The van der Waals surface area contributed by atoms with Crippen molar-refractivity contribution in [2.75, 3.05) is 0 Å². The maximum absolute atomic E-state index is 12.1. The Kier molecular flexibility index (Phi) is 4.57. The highest BCUT2D eigenvalue weighted by Gasteiger charge is 2.15. The van der Waals surface area contributed by atoms with Crippen molar-refractivity contribution in [3.8, 4) is 0 Å². The van der Waals surface area contributed by atoms with E-state index >= 15 is 0 Å². The van der Waals surface area contributed by atoms with E-state index in [-0.39, 0.29) is 24.2 Å². The first-order chi connectivity index (χ1) is 11.5. The fourth-order valence-electron chi connectivity index (χ4n) is 2.42. The molecule has 0 aliphatic heterocycles. The number of carboxylic acid groups (broad SMARTS) is 1. The molecular formula is C16H16N4O3S. The molecule has 1 atom stereocenters. The lowest BCUT2D eigenvalue weighted by atomic mass is 10.2. The highest BCUT2D eigenvalue weighted by atomic mass is 32.1. The van der Waals surface area contributed by atoms with Gasteiger partial charge in [-0.05, 0) is 19.1 Å². The third-order valence-corrected chi connectivity index (χ3v) is 4.53. The molecule has 2 heterocycles. The zero-order chi connectivity index (χ0) is 17.1. The Labute approximate surface area is 142 Å². The molecule has 0 spiro atoms. The van der Waals surface area contributed by atoms with Crippen LogP contribution in [0.4, 0.5) is 0 Å². The largest absolute Gasteiger partial charge is 0.477 e. The van der Waals surface area contributed by atoms with Crippen LogP contribution in [-0.2, 0) is 17.8 Å². The van der Waals surface area contributed by atoms with Crippen LogP contribution in [0.2, 0.25) is 0 Å². The molecular weight excluding hydrogens is 328 g/mol. The lowest BCUT2D eigenvalue weighted by Gasteiger charge is -2.13. The van der Waals surface area contributed by atoms with Crippen LogP contribution < -0.4 is 5.32 Å². The highest BCUT2D eigenvalue weighted by molar-refractivity contribution is 7.18. The summed E-state index contributed by atoms with van der Waals surface area (Å²) in [6, 6.07) is 7.80. The first-order valence-electron chi connectivity index (χ1n) is 7.40. The average Bonchev–Trinajstić information content (AvgIpc) is 3.12. The Hall–Kier alpha value is -2.74. The predicted molar refractivity (Wildman–Crippen MR) is 90.1 cm³/mol. The number of amides is 1. The van der Waals surface area contributed by atoms with E-state index in [1.54, 1.807) is 11.3 Å². The number of carbonyl (C=O) groups is 2. The average molecular weight is 344 g/mol. The summed E-state index contributed by atoms with van der Waals surface area (Å²) >= 11 is 1.61. The quantitative estimate of drug-likeness (QED) is 0.712. The molecule has 1 amide bonds. The van der Waals surface area contributed by atoms with E-state index in [1.807, 2.05) is 31.2 Å². The molecule has 0 fully saturated rings. The van der Waals surface area contributed by atoms with Gasteiger partial charge in [0.05, 0.1) is 27.7 Å². The molecule has 0 saturated carbocycles. The SMILES string of the molecule is CC(Cc1nc2ccccc2s1)NC(=O)Cn1cncc1C(=O)O. The number of benzene rings is 1. The summed E-state index contributed by atoms with van der Waals surface area (Å²) in [4.78, 5) is 31.4. The molecule has 3 rings (SSSR count). The number of fused-ring (bicyclic) bond motifs is 1. The number of aromatic nitrogens is 3. The van der Waals surface area contributed by atoms with Gasteiger partial charge in [-0.15, -0.1) is 11.3 Å². The van der Waals surface area contributed by atoms with Crippen LogP contribution in [0.25, 0.3) is 10.2 Å². The van der Waals surface area contributed by atoms with Crippen LogP contribution >= 0.6 is 11.3 Å². The van der Waals surface area contributed by atoms with Gasteiger partial charge >= 0.3 is 5.97 Å². The van der Waals surface area contributed by atoms with Gasteiger partial charge in [0, 0.05) is 12.5 Å². The van der Waals surface area contributed by atoms with E-state index in [9.17, 15) is 9.59 Å². The summed E-state index contributed by atoms with van der Waals surface area (Å²) < 4.78 is 2.43. The molecule has 3 aromatic rings. The second-order valence-electron chi connectivity index (χ2n) is 5.46. The van der Waals surface area contributed by atoms with Crippen molar-refractivity contribution in [2.24, 2.45) is 0 Å². The number of imidazole rings is 1. The lowest BCUT2D eigenvalue weighted by molar-refractivity contribution is -0.122. The second kappa shape index (κ2) is 6.79. The Bertz CT molecular complexity index is 853. The number of hydrogen-bond donors (Lipinski definition) is 2. The zero-order valence-electron chi connectivity index (χ0n) is 13.0. The molecule has 124 valence electrons. The van der Waals surface area contributed by atoms with Gasteiger partial charge in [0.15, 0.2) is 0 Å². The molecule has 2 aromatic heterocycles. The van der Waals surface area contributed by atoms with Crippen molar-refractivity contribution in [3.05, 3.63) is 47.5 Å². The topological polar surface area (TPSA) is 97.1 Å². The van der Waals surface area contributed by atoms with E-state index in [0.29, 0.717) is 6.42 Å². The first kappa shape index (κ1) is 16.1. The second-order valence-corrected chi connectivity index (χ2v) is 6.58. The number of nitrogens with zero attached hydrogens (tertiary/aromatic N) is 3. The number of rotatable bonds is 6. The summed E-state index contributed by atoms with van der Waals surface area (Å²) in [7, 11) is 0. The number of para-hydroxylation sites is 1. The molecule has 8 heteroatoms. The van der Waals surface area contributed by atoms with Crippen LogP contribution in [0.15, 0.2) is 36.8 Å². The summed E-state index contributed by atoms with van der Waals surface area (Å²) in [5.41, 5.74) is 0.949. The minimum atomic E-state index is -1.11. The molecule has 0 bridgehead atoms. The van der Waals surface area contributed by atoms with Crippen molar-refractivity contribution in [2.45, 2.75) is 25.9 Å². The Morgan fingerprint density at radius 2 is 2.17 bits per heavy atom. The minimum absolute atomic E-state index is 0.0102. The number of thiazole rings is 1. The molecule has 0 aliphatic rings. The first-order valence-corrected chi connectivity index (χ1v) is 8.22. The third kappa shape index (κ3) is 3.60. The monoisotopic (exact) mass is 344 g/mol. The lowest BCUT2D eigenvalue weighted by Crippen LogP contribution is -2.36. The molecule has 24 heavy (non-hydrogen) atoms. The van der Waals surface area contributed by atoms with Crippen LogP contribution in [-0.4, -0.2) is 37.6 Å². The van der Waals surface area contributed by atoms with Crippen LogP contribution in [0.3, 0.4) is 0 Å². The maximum Gasteiger partial charge on any atom is 0.354 e. The molecule has 0 saturated heterocycles. The zero-order valence-corrected chi connectivity index (χ0v) is 13.8. The van der Waals surface area contributed by atoms with Gasteiger partial charge in [-0.1, -0.05) is 12.1 Å². The molecule has 0 radical (unpaired) electrons. The van der Waals surface area contributed by atoms with Gasteiger partial charge < -0.3 is 15.0 Å². The van der Waals surface area contributed by atoms with Gasteiger partial charge in [0.1, 0.15) is 12.2 Å². The van der Waals surface area contributed by atoms with E-state index in [2.05, 4.69) is 15.3 Å². The maximum atomic E-state index is 12.1. The molecule has 7 nitrogen and oxygen atoms in total. The van der Waals surface area contributed by atoms with E-state index < -0.39 is 5.97 Å². The fourth-order valence-corrected chi connectivity index (χ4v) is 3.52. The number of carbonyl (C=O) groups excluding carboxylic acids is 1. The van der Waals surface area contributed by atoms with Crippen molar-refractivity contribution in [3.63, 3.8) is 0 Å². The third-order valence-electron chi connectivity index (χ3n) is 3.47. The summed E-state index contributed by atoms with van der Waals surface area (Å²) in [5, 5.41) is 12.8. The van der Waals surface area contributed by atoms with Gasteiger partial charge in [-0.3, -0.25) is 4.79 Å². The molecule has 0 aliphatic carbocycles. The van der Waals surface area contributed by atoms with Gasteiger partial charge in [0.2, 0.25) is 5.91 Å². The van der Waals surface area contributed by atoms with E-state index in [1.165, 1.54) is 17.1 Å². The van der Waals surface area contributed by atoms with Crippen molar-refractivity contribution in [1.82, 2.24) is 19.9 Å². The Morgan fingerprint density at radius 3 is 2.92 bits per heavy atom. The Morgan fingerprint density at radius 1 is 1.38 bits per heavy atom. The summed E-state index contributed by atoms with van der Waals surface area (Å²) in [5.74, 6) is -1.37. The van der Waals surface area contributed by atoms with Crippen molar-refractivity contribution < 1.29 is 14.7 Å². The highest BCUT2D eigenvalue weighted by Crippen LogP contribution is 2.22. The summed E-state index contributed by atoms with van der Waals surface area (Å²) in [6.07, 6.45) is 3.18. The standard InChI is InChI=1S/C16H16N4O3S/c1-10(6-15-19-11-4-2-3-5-13(11)24-15)18-14(21)8-20-9-17-7-12(20)16(22)23/h2-5,7,9-10H,6,8H2,1H3,(H,18,21)(H,22,23). The van der Waals surface area contributed by atoms with Crippen LogP contribution in [0.1, 0.15) is 22.4 Å². The Balaban J connectivity index is 1.59. The number of carboxylic acids is 1. The van der Waals surface area contributed by atoms with Gasteiger partial charge in [-0.25, -0.2) is 14.8 Å². The number of nitrogens with one attached hydrogen (secondary N) is 1. The summed E-state index contributed by atoms with van der Waals surface area (Å²) in [6.45, 7) is 1.82. The van der Waals surface area contributed by atoms with Crippen LogP contribution in [0.5, 0.6) is 0 Å². The molecule has 1 unspecified atom stereocenters. The molecule has 1 aromatic carbocycles. The minimum Gasteiger partial charge on any atom is -0.477 e. The van der Waals surface area contributed by atoms with E-state index in [0.717, 1.165) is 15.2 Å². The number of aromatic carboxylic acids is 1. The predicted octanol–water partition coefficient (Wildman–Crippen LogP) is 1.94. The van der Waals surface area contributed by atoms with Crippen LogP contribution in [0, 0.1) is 0 Å². The van der Waals surface area contributed by atoms with Gasteiger partial charge in [-0.2, -0.15) is 0 Å². The molecule has 2 N–H and O–H groups in total. The fraction of sp³-hybridized carbons (Fsp3) is 0.250. The van der Waals surface area contributed by atoms with Crippen molar-refractivity contribution in [1.29, 1.82) is 0 Å². The normalized spacial score (nSPS) is 12.2.